The number of hydrogen-bond acceptors (Lipinski definition) is 2. The summed E-state index contributed by atoms with van der Waals surface area (Å²) in [7, 11) is 0. The van der Waals surface area contributed by atoms with Crippen LogP contribution in [0.2, 0.25) is 0 Å². The van der Waals surface area contributed by atoms with Crippen LogP contribution in [0.15, 0.2) is 12.4 Å². The van der Waals surface area contributed by atoms with E-state index in [1.807, 2.05) is 6.92 Å². The maximum Gasteiger partial charge on any atom is 0.179 e. The molecule has 1 aliphatic rings. The van der Waals surface area contributed by atoms with Crippen LogP contribution in [0, 0.1) is 0 Å². The fraction of sp³-hybridized carbons (Fsp3) is 0.429. The average molecular weight is 139 g/mol. The van der Waals surface area contributed by atoms with Crippen molar-refractivity contribution in [1.29, 1.82) is 0 Å². The Balaban J connectivity index is 2.30. The first kappa shape index (κ1) is 5.65. The lowest BCUT2D eigenvalue weighted by Crippen LogP contribution is -2.24. The molecule has 2 heterocycles. The third-order valence-corrected chi connectivity index (χ3v) is 1.47. The number of H-pyrrole nitrogens is 1. The van der Waals surface area contributed by atoms with Crippen molar-refractivity contribution in [2.75, 3.05) is 6.61 Å². The molecule has 0 saturated heterocycles. The van der Waals surface area contributed by atoms with E-state index in [2.05, 4.69) is 4.98 Å². The lowest BCUT2D eigenvalue weighted by Gasteiger charge is -2.20. The van der Waals surface area contributed by atoms with E-state index in [0.717, 1.165) is 11.5 Å². The van der Waals surface area contributed by atoms with Gasteiger partial charge in [-0.2, -0.15) is 0 Å². The number of nitrogens with one attached hydrogen (secondary N) is 1. The number of ether oxygens (including phenoxy) is 2. The summed E-state index contributed by atoms with van der Waals surface area (Å²) in [4.78, 5) is 2.91. The Morgan fingerprint density at radius 1 is 1.50 bits per heavy atom. The highest BCUT2D eigenvalue weighted by atomic mass is 16.6. The van der Waals surface area contributed by atoms with Gasteiger partial charge in [0.15, 0.2) is 11.5 Å². The third-order valence-electron chi connectivity index (χ3n) is 1.47. The number of rotatable bonds is 0. The van der Waals surface area contributed by atoms with E-state index < -0.39 is 0 Å². The zero-order valence-electron chi connectivity index (χ0n) is 5.76. The van der Waals surface area contributed by atoms with E-state index in [1.165, 1.54) is 0 Å². The quantitative estimate of drug-likeness (QED) is 0.585. The Morgan fingerprint density at radius 3 is 3.20 bits per heavy atom. The molecular formula is C7H9NO2. The molecule has 0 bridgehead atoms. The SMILES string of the molecule is CC1COc2c[nH]cc2O1. The summed E-state index contributed by atoms with van der Waals surface area (Å²) < 4.78 is 10.7. The van der Waals surface area contributed by atoms with E-state index in [9.17, 15) is 0 Å². The summed E-state index contributed by atoms with van der Waals surface area (Å²) in [5.74, 6) is 1.64. The minimum absolute atomic E-state index is 0.170. The van der Waals surface area contributed by atoms with E-state index in [4.69, 9.17) is 9.47 Å². The fourth-order valence-electron chi connectivity index (χ4n) is 0.998. The van der Waals surface area contributed by atoms with Gasteiger partial charge in [0.05, 0.1) is 0 Å². The molecule has 0 aliphatic carbocycles. The largest absolute Gasteiger partial charge is 0.484 e. The molecule has 1 N–H and O–H groups in total. The molecule has 0 spiro atoms. The van der Waals surface area contributed by atoms with Crippen molar-refractivity contribution in [3.05, 3.63) is 12.4 Å². The summed E-state index contributed by atoms with van der Waals surface area (Å²) in [6, 6.07) is 0. The highest BCUT2D eigenvalue weighted by molar-refractivity contribution is 5.38. The maximum absolute atomic E-state index is 5.42. The van der Waals surface area contributed by atoms with Gasteiger partial charge in [-0.25, -0.2) is 0 Å². The molecule has 1 aromatic heterocycles. The van der Waals surface area contributed by atoms with Crippen molar-refractivity contribution >= 4 is 0 Å². The van der Waals surface area contributed by atoms with E-state index in [-0.39, 0.29) is 6.10 Å². The first-order valence-corrected chi connectivity index (χ1v) is 3.32. The van der Waals surface area contributed by atoms with E-state index in [0.29, 0.717) is 6.61 Å². The van der Waals surface area contributed by atoms with Crippen LogP contribution in [-0.2, 0) is 0 Å². The van der Waals surface area contributed by atoms with Crippen molar-refractivity contribution in [1.82, 2.24) is 4.98 Å². The van der Waals surface area contributed by atoms with Crippen LogP contribution < -0.4 is 9.47 Å². The van der Waals surface area contributed by atoms with Gasteiger partial charge in [0.1, 0.15) is 12.7 Å². The molecule has 1 unspecified atom stereocenters. The van der Waals surface area contributed by atoms with Gasteiger partial charge in [0.2, 0.25) is 0 Å². The van der Waals surface area contributed by atoms with Gasteiger partial charge >= 0.3 is 0 Å². The lowest BCUT2D eigenvalue weighted by atomic mass is 10.4. The van der Waals surface area contributed by atoms with Gasteiger partial charge in [0.25, 0.3) is 0 Å². The zero-order valence-corrected chi connectivity index (χ0v) is 5.76. The Bertz CT molecular complexity index is 231. The predicted octanol–water partition coefficient (Wildman–Crippen LogP) is 1.17. The maximum atomic E-state index is 5.42. The average Bonchev–Trinajstić information content (AvgIpc) is 2.33. The van der Waals surface area contributed by atoms with Crippen LogP contribution in [0.5, 0.6) is 11.5 Å². The normalized spacial score (nSPS) is 22.7. The molecule has 3 nitrogen and oxygen atoms in total. The van der Waals surface area contributed by atoms with E-state index in [1.54, 1.807) is 12.4 Å². The van der Waals surface area contributed by atoms with Gasteiger partial charge in [-0.1, -0.05) is 0 Å². The van der Waals surface area contributed by atoms with Gasteiger partial charge in [0, 0.05) is 12.4 Å². The molecule has 1 aliphatic heterocycles. The van der Waals surface area contributed by atoms with E-state index >= 15 is 0 Å². The molecule has 54 valence electrons. The van der Waals surface area contributed by atoms with Crippen molar-refractivity contribution < 1.29 is 9.47 Å². The number of hydrogen-bond donors (Lipinski definition) is 1. The molecule has 0 fully saturated rings. The molecule has 0 amide bonds. The second kappa shape index (κ2) is 1.94. The van der Waals surface area contributed by atoms with Crippen molar-refractivity contribution in [3.63, 3.8) is 0 Å². The third kappa shape index (κ3) is 0.744. The van der Waals surface area contributed by atoms with Crippen molar-refractivity contribution in [3.8, 4) is 11.5 Å². The van der Waals surface area contributed by atoms with Crippen LogP contribution in [0.4, 0.5) is 0 Å². The second-order valence-corrected chi connectivity index (χ2v) is 2.42. The summed E-state index contributed by atoms with van der Waals surface area (Å²) in [5, 5.41) is 0. The predicted molar refractivity (Wildman–Crippen MR) is 36.4 cm³/mol. The molecule has 2 rings (SSSR count). The summed E-state index contributed by atoms with van der Waals surface area (Å²) in [5.41, 5.74) is 0. The Hall–Kier alpha value is -1.12. The van der Waals surface area contributed by atoms with Crippen molar-refractivity contribution in [2.45, 2.75) is 13.0 Å². The van der Waals surface area contributed by atoms with Crippen LogP contribution in [0.1, 0.15) is 6.92 Å². The molecule has 0 aromatic carbocycles. The first-order valence-electron chi connectivity index (χ1n) is 3.32. The number of fused-ring (bicyclic) bond motifs is 1. The van der Waals surface area contributed by atoms with Crippen LogP contribution in [-0.4, -0.2) is 17.7 Å². The molecule has 0 saturated carbocycles. The highest BCUT2D eigenvalue weighted by Crippen LogP contribution is 2.30. The summed E-state index contributed by atoms with van der Waals surface area (Å²) >= 11 is 0. The smallest absolute Gasteiger partial charge is 0.179 e. The van der Waals surface area contributed by atoms with Gasteiger partial charge < -0.3 is 14.5 Å². The highest BCUT2D eigenvalue weighted by Gasteiger charge is 2.16. The molecule has 1 atom stereocenters. The number of aromatic nitrogens is 1. The van der Waals surface area contributed by atoms with Crippen LogP contribution in [0.25, 0.3) is 0 Å². The number of aromatic amines is 1. The summed E-state index contributed by atoms with van der Waals surface area (Å²) in [6.45, 7) is 2.63. The summed E-state index contributed by atoms with van der Waals surface area (Å²) in [6.07, 6.45) is 3.76. The first-order chi connectivity index (χ1) is 4.86. The zero-order chi connectivity index (χ0) is 6.97. The minimum Gasteiger partial charge on any atom is -0.484 e. The standard InChI is InChI=1S/C7H9NO2/c1-5-4-9-6-2-8-3-7(6)10-5/h2-3,5,8H,4H2,1H3. The molecule has 1 aromatic rings. The Labute approximate surface area is 59.0 Å². The minimum atomic E-state index is 0.170. The molecule has 10 heavy (non-hydrogen) atoms. The topological polar surface area (TPSA) is 34.2 Å². The molecule has 3 heteroatoms. The molecular weight excluding hydrogens is 130 g/mol. The monoisotopic (exact) mass is 139 g/mol. The Kier molecular flexibility index (Phi) is 1.09. The lowest BCUT2D eigenvalue weighted by molar-refractivity contribution is 0.106. The van der Waals surface area contributed by atoms with Crippen molar-refractivity contribution in [2.24, 2.45) is 0 Å². The Morgan fingerprint density at radius 2 is 2.30 bits per heavy atom. The fourth-order valence-corrected chi connectivity index (χ4v) is 0.998. The van der Waals surface area contributed by atoms with Crippen LogP contribution in [0.3, 0.4) is 0 Å². The second-order valence-electron chi connectivity index (χ2n) is 2.42. The van der Waals surface area contributed by atoms with Gasteiger partial charge in [-0.3, -0.25) is 0 Å². The van der Waals surface area contributed by atoms with Gasteiger partial charge in [-0.15, -0.1) is 0 Å². The van der Waals surface area contributed by atoms with Gasteiger partial charge in [-0.05, 0) is 6.92 Å². The molecule has 0 radical (unpaired) electrons. The van der Waals surface area contributed by atoms with Crippen LogP contribution >= 0.6 is 0 Å².